The van der Waals surface area contributed by atoms with Crippen molar-refractivity contribution in [3.8, 4) is 0 Å². The molecular formula is C25H24Si. The lowest BCUT2D eigenvalue weighted by Gasteiger charge is -2.28. The number of benzene rings is 4. The Morgan fingerprint density at radius 1 is 0.692 bits per heavy atom. The molecule has 0 heterocycles. The highest BCUT2D eigenvalue weighted by Gasteiger charge is 2.29. The van der Waals surface area contributed by atoms with Crippen molar-refractivity contribution < 1.29 is 0 Å². The zero-order valence-electron chi connectivity index (χ0n) is 15.7. The normalized spacial score (nSPS) is 12.7. The molecule has 0 bridgehead atoms. The lowest BCUT2D eigenvalue weighted by Crippen LogP contribution is -2.42. The Balaban J connectivity index is 2.03. The van der Waals surface area contributed by atoms with Gasteiger partial charge in [0, 0.05) is 0 Å². The first-order chi connectivity index (χ1) is 12.6. The van der Waals surface area contributed by atoms with Gasteiger partial charge in [0.2, 0.25) is 0 Å². The van der Waals surface area contributed by atoms with E-state index in [1.165, 1.54) is 37.5 Å². The van der Waals surface area contributed by atoms with Crippen LogP contribution < -0.4 is 5.19 Å². The molecule has 0 unspecified atom stereocenters. The number of hydrogen-bond acceptors (Lipinski definition) is 0. The zero-order chi connectivity index (χ0) is 18.1. The highest BCUT2D eigenvalue weighted by atomic mass is 28.3. The average molecular weight is 353 g/mol. The van der Waals surface area contributed by atoms with Crippen molar-refractivity contribution in [1.29, 1.82) is 0 Å². The van der Waals surface area contributed by atoms with Crippen LogP contribution in [0.15, 0.2) is 91.0 Å². The van der Waals surface area contributed by atoms with Gasteiger partial charge in [-0.15, -0.1) is 0 Å². The molecule has 0 nitrogen and oxygen atoms in total. The first-order valence-electron chi connectivity index (χ1n) is 9.26. The Kier molecular flexibility index (Phi) is 4.26. The molecule has 0 saturated heterocycles. The summed E-state index contributed by atoms with van der Waals surface area (Å²) in [4.78, 5) is 0. The van der Waals surface area contributed by atoms with Crippen molar-refractivity contribution in [2.24, 2.45) is 0 Å². The lowest BCUT2D eigenvalue weighted by atomic mass is 9.97. The van der Waals surface area contributed by atoms with Crippen molar-refractivity contribution in [2.45, 2.75) is 20.0 Å². The Labute approximate surface area is 156 Å². The second-order valence-electron chi connectivity index (χ2n) is 7.38. The standard InChI is InChI=1S/C25H24Si/c1-4-25(26(2,3)20-13-6-5-7-14-20)24-18-19-12-8-9-15-21(19)22-16-10-11-17-23(22)24/h4-18H,1-3H3/b25-4-. The summed E-state index contributed by atoms with van der Waals surface area (Å²) in [6, 6.07) is 31.0. The third kappa shape index (κ3) is 2.69. The fraction of sp³-hybridized carbons (Fsp3) is 0.120. The van der Waals surface area contributed by atoms with Gasteiger partial charge < -0.3 is 0 Å². The number of allylic oxidation sites excluding steroid dienone is 1. The van der Waals surface area contributed by atoms with E-state index in [4.69, 9.17) is 0 Å². The van der Waals surface area contributed by atoms with Crippen LogP contribution in [0.25, 0.3) is 26.7 Å². The molecular weight excluding hydrogens is 328 g/mol. The second kappa shape index (κ2) is 6.58. The van der Waals surface area contributed by atoms with Gasteiger partial charge in [0.1, 0.15) is 8.07 Å². The summed E-state index contributed by atoms with van der Waals surface area (Å²) in [5.41, 5.74) is 1.39. The fourth-order valence-corrected chi connectivity index (χ4v) is 7.08. The van der Waals surface area contributed by atoms with Crippen LogP contribution in [0.1, 0.15) is 12.5 Å². The topological polar surface area (TPSA) is 0 Å². The van der Waals surface area contributed by atoms with Gasteiger partial charge >= 0.3 is 0 Å². The van der Waals surface area contributed by atoms with Crippen molar-refractivity contribution in [1.82, 2.24) is 0 Å². The van der Waals surface area contributed by atoms with Gasteiger partial charge in [-0.25, -0.2) is 0 Å². The van der Waals surface area contributed by atoms with Crippen molar-refractivity contribution in [3.05, 3.63) is 96.6 Å². The lowest BCUT2D eigenvalue weighted by molar-refractivity contribution is 1.65. The van der Waals surface area contributed by atoms with E-state index in [2.05, 4.69) is 111 Å². The Morgan fingerprint density at radius 3 is 1.96 bits per heavy atom. The largest absolute Gasteiger partial charge is 0.112 e. The van der Waals surface area contributed by atoms with Gasteiger partial charge in [0.25, 0.3) is 0 Å². The molecule has 0 spiro atoms. The molecule has 0 atom stereocenters. The summed E-state index contributed by atoms with van der Waals surface area (Å²) in [7, 11) is -1.79. The highest BCUT2D eigenvalue weighted by Crippen LogP contribution is 2.36. The molecule has 26 heavy (non-hydrogen) atoms. The summed E-state index contributed by atoms with van der Waals surface area (Å²) in [5, 5.41) is 8.34. The predicted octanol–water partition coefficient (Wildman–Crippen LogP) is 6.55. The summed E-state index contributed by atoms with van der Waals surface area (Å²) < 4.78 is 0. The number of fused-ring (bicyclic) bond motifs is 3. The maximum atomic E-state index is 2.46. The molecule has 0 amide bonds. The van der Waals surface area contributed by atoms with Gasteiger partial charge in [-0.1, -0.05) is 108 Å². The van der Waals surface area contributed by atoms with Gasteiger partial charge in [0.05, 0.1) is 0 Å². The van der Waals surface area contributed by atoms with E-state index in [0.29, 0.717) is 0 Å². The summed E-state index contributed by atoms with van der Waals surface area (Å²) >= 11 is 0. The maximum absolute atomic E-state index is 2.46. The monoisotopic (exact) mass is 352 g/mol. The van der Waals surface area contributed by atoms with Crippen LogP contribution in [-0.4, -0.2) is 8.07 Å². The third-order valence-electron chi connectivity index (χ3n) is 5.52. The molecule has 4 aromatic carbocycles. The Bertz CT molecular complexity index is 1100. The molecule has 0 aliphatic carbocycles. The smallest absolute Gasteiger partial charge is 0.0874 e. The first kappa shape index (κ1) is 16.8. The number of hydrogen-bond donors (Lipinski definition) is 0. The summed E-state index contributed by atoms with van der Waals surface area (Å²) in [6.07, 6.45) is 2.34. The molecule has 0 saturated carbocycles. The molecule has 128 valence electrons. The molecule has 1 heteroatoms. The van der Waals surface area contributed by atoms with Gasteiger partial charge in [-0.3, -0.25) is 0 Å². The Hall–Kier alpha value is -2.64. The molecule has 0 N–H and O–H groups in total. The minimum atomic E-state index is -1.79. The van der Waals surface area contributed by atoms with E-state index in [1.54, 1.807) is 0 Å². The van der Waals surface area contributed by atoms with E-state index in [9.17, 15) is 0 Å². The average Bonchev–Trinajstić information content (AvgIpc) is 2.69. The van der Waals surface area contributed by atoms with E-state index in [0.717, 1.165) is 0 Å². The fourth-order valence-electron chi connectivity index (χ4n) is 4.14. The van der Waals surface area contributed by atoms with Crippen LogP contribution in [-0.2, 0) is 0 Å². The maximum Gasteiger partial charge on any atom is 0.112 e. The van der Waals surface area contributed by atoms with Crippen LogP contribution in [0, 0.1) is 0 Å². The highest BCUT2D eigenvalue weighted by molar-refractivity contribution is 7.04. The SMILES string of the molecule is C/C=C(/c1cc2ccccc2c2ccccc12)[Si](C)(C)c1ccccc1. The second-order valence-corrected chi connectivity index (χ2v) is 11.8. The zero-order valence-corrected chi connectivity index (χ0v) is 16.7. The minimum Gasteiger partial charge on any atom is -0.0874 e. The molecule has 0 aliphatic heterocycles. The van der Waals surface area contributed by atoms with E-state index < -0.39 is 8.07 Å². The molecule has 0 radical (unpaired) electrons. The van der Waals surface area contributed by atoms with Crippen molar-refractivity contribution in [2.75, 3.05) is 0 Å². The molecule has 4 rings (SSSR count). The first-order valence-corrected chi connectivity index (χ1v) is 12.3. The van der Waals surface area contributed by atoms with E-state index in [1.807, 2.05) is 0 Å². The van der Waals surface area contributed by atoms with Crippen LogP contribution in [0.3, 0.4) is 0 Å². The molecule has 0 fully saturated rings. The third-order valence-corrected chi connectivity index (χ3v) is 9.20. The molecule has 4 aromatic rings. The van der Waals surface area contributed by atoms with E-state index in [-0.39, 0.29) is 0 Å². The molecule has 0 aliphatic rings. The van der Waals surface area contributed by atoms with Gasteiger partial charge in [0.15, 0.2) is 0 Å². The van der Waals surface area contributed by atoms with Crippen molar-refractivity contribution >= 4 is 40.0 Å². The summed E-state index contributed by atoms with van der Waals surface area (Å²) in [6.45, 7) is 7.11. The van der Waals surface area contributed by atoms with Crippen LogP contribution in [0.4, 0.5) is 0 Å². The molecule has 0 aromatic heterocycles. The van der Waals surface area contributed by atoms with Gasteiger partial charge in [-0.05, 0) is 40.1 Å². The van der Waals surface area contributed by atoms with Crippen LogP contribution >= 0.6 is 0 Å². The summed E-state index contributed by atoms with van der Waals surface area (Å²) in [5.74, 6) is 0. The van der Waals surface area contributed by atoms with Gasteiger partial charge in [-0.2, -0.15) is 0 Å². The number of rotatable bonds is 3. The van der Waals surface area contributed by atoms with Crippen molar-refractivity contribution in [3.63, 3.8) is 0 Å². The Morgan fingerprint density at radius 2 is 1.27 bits per heavy atom. The van der Waals surface area contributed by atoms with E-state index >= 15 is 0 Å². The quantitative estimate of drug-likeness (QED) is 0.290. The minimum absolute atomic E-state index is 1.32. The van der Waals surface area contributed by atoms with Crippen LogP contribution in [0.2, 0.25) is 13.1 Å². The van der Waals surface area contributed by atoms with Crippen LogP contribution in [0.5, 0.6) is 0 Å². The predicted molar refractivity (Wildman–Crippen MR) is 119 cm³/mol.